The number of nitrogens with one attached hydrogen (secondary N) is 2. The number of nitrogens with zero attached hydrogens (tertiary/aromatic N) is 1. The molecule has 152 valence electrons. The van der Waals surface area contributed by atoms with Crippen LogP contribution in [0.15, 0.2) is 52.9 Å². The van der Waals surface area contributed by atoms with Crippen molar-refractivity contribution in [3.8, 4) is 11.3 Å². The van der Waals surface area contributed by atoms with Gasteiger partial charge in [-0.1, -0.05) is 41.5 Å². The second kappa shape index (κ2) is 8.47. The van der Waals surface area contributed by atoms with E-state index in [0.29, 0.717) is 33.0 Å². The van der Waals surface area contributed by atoms with Crippen LogP contribution in [0.25, 0.3) is 21.5 Å². The Morgan fingerprint density at radius 3 is 2.63 bits per heavy atom. The maximum atomic E-state index is 12.6. The van der Waals surface area contributed by atoms with Crippen molar-refractivity contribution < 1.29 is 14.0 Å². The van der Waals surface area contributed by atoms with Crippen LogP contribution in [-0.4, -0.2) is 16.8 Å². The highest BCUT2D eigenvalue weighted by atomic mass is 35.5. The van der Waals surface area contributed by atoms with Crippen molar-refractivity contribution in [2.75, 3.05) is 10.6 Å². The minimum absolute atomic E-state index is 0.0989. The summed E-state index contributed by atoms with van der Waals surface area (Å²) in [5.41, 5.74) is 2.05. The Balaban J connectivity index is 1.51. The van der Waals surface area contributed by atoms with Gasteiger partial charge in [0.2, 0.25) is 5.91 Å². The normalized spacial score (nSPS) is 10.9. The Bertz CT molecular complexity index is 1270. The van der Waals surface area contributed by atoms with Crippen LogP contribution in [0.4, 0.5) is 10.8 Å². The van der Waals surface area contributed by atoms with Crippen LogP contribution in [0, 0.1) is 0 Å². The molecule has 0 radical (unpaired) electrons. The molecule has 0 saturated heterocycles. The Morgan fingerprint density at radius 1 is 1.03 bits per heavy atom. The molecule has 0 aliphatic carbocycles. The number of halogens is 2. The molecule has 6 nitrogen and oxygen atoms in total. The van der Waals surface area contributed by atoms with E-state index in [4.69, 9.17) is 27.6 Å². The number of carbonyl (C=O) groups excluding carboxylic acids is 2. The van der Waals surface area contributed by atoms with Gasteiger partial charge in [0.1, 0.15) is 5.76 Å². The first-order chi connectivity index (χ1) is 14.4. The lowest BCUT2D eigenvalue weighted by atomic mass is 10.2. The monoisotopic (exact) mass is 459 g/mol. The van der Waals surface area contributed by atoms with E-state index in [-0.39, 0.29) is 17.6 Å². The van der Waals surface area contributed by atoms with Gasteiger partial charge in [0, 0.05) is 17.7 Å². The van der Waals surface area contributed by atoms with E-state index in [1.165, 1.54) is 11.3 Å². The molecule has 2 aromatic carbocycles. The van der Waals surface area contributed by atoms with Crippen LogP contribution < -0.4 is 10.6 Å². The molecule has 4 aromatic rings. The van der Waals surface area contributed by atoms with E-state index in [9.17, 15) is 9.59 Å². The first kappa shape index (κ1) is 20.4. The third-order valence-corrected chi connectivity index (χ3v) is 5.92. The van der Waals surface area contributed by atoms with Gasteiger partial charge in [0.05, 0.1) is 20.3 Å². The molecule has 4 rings (SSSR count). The zero-order valence-corrected chi connectivity index (χ0v) is 18.0. The minimum Gasteiger partial charge on any atom is -0.451 e. The average molecular weight is 460 g/mol. The number of furan rings is 1. The highest BCUT2D eigenvalue weighted by Gasteiger charge is 2.14. The molecule has 0 aliphatic heterocycles. The van der Waals surface area contributed by atoms with Crippen molar-refractivity contribution in [1.82, 2.24) is 4.98 Å². The zero-order chi connectivity index (χ0) is 21.3. The molecule has 0 fully saturated rings. The first-order valence-corrected chi connectivity index (χ1v) is 10.6. The molecule has 30 heavy (non-hydrogen) atoms. The van der Waals surface area contributed by atoms with Gasteiger partial charge < -0.3 is 15.1 Å². The molecule has 2 heterocycles. The van der Waals surface area contributed by atoms with E-state index in [0.717, 1.165) is 15.8 Å². The minimum atomic E-state index is -0.385. The number of benzene rings is 2. The summed E-state index contributed by atoms with van der Waals surface area (Å²) in [6.45, 7) is 1.78. The lowest BCUT2D eigenvalue weighted by Crippen LogP contribution is -2.10. The third-order valence-electron chi connectivity index (χ3n) is 4.25. The number of carbonyl (C=O) groups is 2. The summed E-state index contributed by atoms with van der Waals surface area (Å²) in [6.07, 6.45) is 0.380. The Morgan fingerprint density at radius 2 is 1.87 bits per heavy atom. The number of hydrogen-bond donors (Lipinski definition) is 2. The van der Waals surface area contributed by atoms with Gasteiger partial charge in [-0.25, -0.2) is 4.98 Å². The number of rotatable bonds is 5. The van der Waals surface area contributed by atoms with Crippen LogP contribution in [0.1, 0.15) is 23.9 Å². The number of hydrogen-bond acceptors (Lipinski definition) is 5. The van der Waals surface area contributed by atoms with Crippen molar-refractivity contribution in [1.29, 1.82) is 0 Å². The number of fused-ring (bicyclic) bond motifs is 1. The number of thiazole rings is 1. The summed E-state index contributed by atoms with van der Waals surface area (Å²) in [7, 11) is 0. The van der Waals surface area contributed by atoms with E-state index >= 15 is 0 Å². The van der Waals surface area contributed by atoms with Crippen LogP contribution in [0.2, 0.25) is 10.0 Å². The highest BCUT2D eigenvalue weighted by Crippen LogP contribution is 2.31. The average Bonchev–Trinajstić information content (AvgIpc) is 3.36. The zero-order valence-electron chi connectivity index (χ0n) is 15.7. The summed E-state index contributed by atoms with van der Waals surface area (Å²) in [5.74, 6) is 0.187. The lowest BCUT2D eigenvalue weighted by Gasteiger charge is -2.03. The molecule has 0 aliphatic rings. The molecule has 0 spiro atoms. The van der Waals surface area contributed by atoms with Crippen molar-refractivity contribution >= 4 is 67.4 Å². The molecule has 2 N–H and O–H groups in total. The smallest absolute Gasteiger partial charge is 0.291 e. The Hall–Kier alpha value is -2.87. The van der Waals surface area contributed by atoms with Gasteiger partial charge in [0.25, 0.3) is 5.91 Å². The van der Waals surface area contributed by atoms with Gasteiger partial charge in [-0.2, -0.15) is 0 Å². The quantitative estimate of drug-likeness (QED) is 0.358. The Labute approximate surface area is 185 Å². The van der Waals surface area contributed by atoms with Gasteiger partial charge in [-0.3, -0.25) is 9.59 Å². The largest absolute Gasteiger partial charge is 0.451 e. The van der Waals surface area contributed by atoms with E-state index in [1.54, 1.807) is 55.5 Å². The molecule has 9 heteroatoms. The molecule has 0 saturated carbocycles. The second-order valence-corrected chi connectivity index (χ2v) is 8.20. The SMILES string of the molecule is CCC(=O)Nc1nc2ccc(NC(=O)c3ccc(-c4ccc(Cl)c(Cl)c4)o3)cc2s1. The highest BCUT2D eigenvalue weighted by molar-refractivity contribution is 7.22. The number of anilines is 2. The maximum Gasteiger partial charge on any atom is 0.291 e. The van der Waals surface area contributed by atoms with Crippen LogP contribution in [-0.2, 0) is 4.79 Å². The van der Waals surface area contributed by atoms with E-state index < -0.39 is 0 Å². The summed E-state index contributed by atoms with van der Waals surface area (Å²) in [4.78, 5) is 28.5. The van der Waals surface area contributed by atoms with Crippen LogP contribution in [0.3, 0.4) is 0 Å². The lowest BCUT2D eigenvalue weighted by molar-refractivity contribution is -0.115. The fraction of sp³-hybridized carbons (Fsp3) is 0.0952. The van der Waals surface area contributed by atoms with E-state index in [2.05, 4.69) is 15.6 Å². The van der Waals surface area contributed by atoms with Gasteiger partial charge in [0.15, 0.2) is 10.9 Å². The standard InChI is InChI=1S/C21H15Cl2N3O3S/c1-2-19(27)26-21-25-15-6-4-12(10-18(15)30-21)24-20(28)17-8-7-16(29-17)11-3-5-13(22)14(23)9-11/h3-10H,2H2,1H3,(H,24,28)(H,25,26,27). The van der Waals surface area contributed by atoms with Gasteiger partial charge in [-0.05, 0) is 48.5 Å². The molecule has 0 bridgehead atoms. The van der Waals surface area contributed by atoms with Crippen molar-refractivity contribution in [3.63, 3.8) is 0 Å². The summed E-state index contributed by atoms with van der Waals surface area (Å²) in [5, 5.41) is 6.93. The molecule has 0 atom stereocenters. The second-order valence-electron chi connectivity index (χ2n) is 6.35. The van der Waals surface area contributed by atoms with Crippen LogP contribution >= 0.6 is 34.5 Å². The summed E-state index contributed by atoms with van der Waals surface area (Å²) in [6, 6.07) is 13.7. The first-order valence-electron chi connectivity index (χ1n) is 9.00. The number of aromatic nitrogens is 1. The van der Waals surface area contributed by atoms with Crippen LogP contribution in [0.5, 0.6) is 0 Å². The third kappa shape index (κ3) is 4.33. The molecule has 0 unspecified atom stereocenters. The van der Waals surface area contributed by atoms with Gasteiger partial charge in [-0.15, -0.1) is 0 Å². The Kier molecular flexibility index (Phi) is 5.76. The van der Waals surface area contributed by atoms with Crippen molar-refractivity contribution in [2.24, 2.45) is 0 Å². The maximum absolute atomic E-state index is 12.6. The fourth-order valence-corrected chi connectivity index (χ4v) is 3.94. The predicted molar refractivity (Wildman–Crippen MR) is 121 cm³/mol. The summed E-state index contributed by atoms with van der Waals surface area (Å²) < 4.78 is 6.52. The van der Waals surface area contributed by atoms with Gasteiger partial charge >= 0.3 is 0 Å². The van der Waals surface area contributed by atoms with E-state index in [1.807, 2.05) is 0 Å². The predicted octanol–water partition coefficient (Wildman–Crippen LogP) is 6.46. The molecule has 2 amide bonds. The molecular formula is C21H15Cl2N3O3S. The fourth-order valence-electron chi connectivity index (χ4n) is 2.72. The molecular weight excluding hydrogens is 445 g/mol. The topological polar surface area (TPSA) is 84.2 Å². The number of amides is 2. The van der Waals surface area contributed by atoms with Crippen molar-refractivity contribution in [3.05, 3.63) is 64.3 Å². The van der Waals surface area contributed by atoms with Crippen molar-refractivity contribution in [2.45, 2.75) is 13.3 Å². The summed E-state index contributed by atoms with van der Waals surface area (Å²) >= 11 is 13.3. The molecule has 2 aromatic heterocycles.